The molecule has 2 aromatic heterocycles. The van der Waals surface area contributed by atoms with Crippen molar-refractivity contribution in [3.8, 4) is 11.7 Å². The molecule has 0 unspecified atom stereocenters. The second-order valence-electron chi connectivity index (χ2n) is 6.62. The van der Waals surface area contributed by atoms with Crippen LogP contribution in [0.25, 0.3) is 11.7 Å². The molecule has 3 aliphatic rings. The van der Waals surface area contributed by atoms with Gasteiger partial charge in [0.05, 0.1) is 11.9 Å². The molecule has 0 saturated carbocycles. The van der Waals surface area contributed by atoms with Crippen LogP contribution in [-0.4, -0.2) is 38.7 Å². The molecule has 0 N–H and O–H groups in total. The number of hydrogen-bond donors (Lipinski definition) is 0. The molecule has 0 fully saturated rings. The van der Waals surface area contributed by atoms with E-state index in [0.29, 0.717) is 30.9 Å². The van der Waals surface area contributed by atoms with Crippen LogP contribution >= 0.6 is 11.8 Å². The number of amidine groups is 1. The van der Waals surface area contributed by atoms with E-state index in [-0.39, 0.29) is 0 Å². The summed E-state index contributed by atoms with van der Waals surface area (Å²) in [6.45, 7) is 2.77. The number of aromatic nitrogens is 2. The Kier molecular flexibility index (Phi) is 3.07. The SMILES string of the molecule is Cc1ccc(-c2nc(N3CN=C4c5ccccc5N5CN(Cl)C=C5N43)no2)o1. The first-order valence-corrected chi connectivity index (χ1v) is 9.06. The fourth-order valence-electron chi connectivity index (χ4n) is 3.64. The smallest absolute Gasteiger partial charge is 0.295 e. The molecular formula is C18H14ClN7O2. The summed E-state index contributed by atoms with van der Waals surface area (Å²) in [5, 5.41) is 7.95. The molecule has 140 valence electrons. The van der Waals surface area contributed by atoms with E-state index in [1.165, 1.54) is 0 Å². The Morgan fingerprint density at radius 2 is 2.04 bits per heavy atom. The van der Waals surface area contributed by atoms with Crippen LogP contribution in [0.5, 0.6) is 0 Å². The number of aryl methyl sites for hydroxylation is 1. The molecule has 0 atom stereocenters. The van der Waals surface area contributed by atoms with E-state index < -0.39 is 0 Å². The van der Waals surface area contributed by atoms with Gasteiger partial charge in [-0.1, -0.05) is 12.1 Å². The highest BCUT2D eigenvalue weighted by molar-refractivity contribution is 6.15. The average molecular weight is 396 g/mol. The fourth-order valence-corrected chi connectivity index (χ4v) is 3.84. The quantitative estimate of drug-likeness (QED) is 0.612. The van der Waals surface area contributed by atoms with Gasteiger partial charge < -0.3 is 13.8 Å². The molecule has 6 rings (SSSR count). The van der Waals surface area contributed by atoms with Crippen LogP contribution in [0.15, 0.2) is 62.4 Å². The Hall–Kier alpha value is -3.46. The van der Waals surface area contributed by atoms with E-state index in [0.717, 1.165) is 28.7 Å². The predicted molar refractivity (Wildman–Crippen MR) is 102 cm³/mol. The zero-order valence-electron chi connectivity index (χ0n) is 14.8. The topological polar surface area (TPSA) is 77.4 Å². The Morgan fingerprint density at radius 1 is 1.14 bits per heavy atom. The Morgan fingerprint density at radius 3 is 2.89 bits per heavy atom. The molecule has 0 radical (unpaired) electrons. The standard InChI is InChI=1S/C18H14ClN7O2/c1-11-6-7-14(27-11)17-21-18(22-28-17)25-9-20-16-12-4-2-3-5-13(12)24-10-23(19)8-15(24)26(16)25/h2-8H,9-10H2,1H3. The monoisotopic (exact) mass is 395 g/mol. The number of furan rings is 1. The minimum atomic E-state index is 0.324. The summed E-state index contributed by atoms with van der Waals surface area (Å²) in [7, 11) is 0. The first-order valence-electron chi connectivity index (χ1n) is 8.73. The van der Waals surface area contributed by atoms with Crippen molar-refractivity contribution in [3.63, 3.8) is 0 Å². The zero-order valence-corrected chi connectivity index (χ0v) is 15.5. The summed E-state index contributed by atoms with van der Waals surface area (Å²) in [6.07, 6.45) is 1.86. The highest BCUT2D eigenvalue weighted by Gasteiger charge is 2.43. The number of halogens is 1. The summed E-state index contributed by atoms with van der Waals surface area (Å²) >= 11 is 6.29. The summed E-state index contributed by atoms with van der Waals surface area (Å²) in [5.41, 5.74) is 2.09. The van der Waals surface area contributed by atoms with E-state index in [9.17, 15) is 0 Å². The van der Waals surface area contributed by atoms with Gasteiger partial charge in [-0.3, -0.25) is 4.42 Å². The van der Waals surface area contributed by atoms with Crippen molar-refractivity contribution in [2.75, 3.05) is 23.2 Å². The van der Waals surface area contributed by atoms with Gasteiger partial charge in [0.25, 0.3) is 11.8 Å². The maximum absolute atomic E-state index is 6.29. The summed E-state index contributed by atoms with van der Waals surface area (Å²) in [4.78, 5) is 11.3. The average Bonchev–Trinajstić information content (AvgIpc) is 3.46. The van der Waals surface area contributed by atoms with E-state index >= 15 is 0 Å². The third-order valence-corrected chi connectivity index (χ3v) is 5.06. The van der Waals surface area contributed by atoms with Crippen LogP contribution in [0.4, 0.5) is 11.6 Å². The van der Waals surface area contributed by atoms with Crippen molar-refractivity contribution >= 4 is 29.2 Å². The molecule has 0 aliphatic carbocycles. The lowest BCUT2D eigenvalue weighted by Crippen LogP contribution is -2.49. The van der Waals surface area contributed by atoms with Gasteiger partial charge in [-0.15, -0.1) is 0 Å². The molecule has 3 aromatic rings. The predicted octanol–water partition coefficient (Wildman–Crippen LogP) is 3.13. The Balaban J connectivity index is 1.42. The molecule has 0 bridgehead atoms. The van der Waals surface area contributed by atoms with Crippen LogP contribution in [-0.2, 0) is 0 Å². The van der Waals surface area contributed by atoms with E-state index in [1.807, 2.05) is 53.5 Å². The highest BCUT2D eigenvalue weighted by Crippen LogP contribution is 2.40. The summed E-state index contributed by atoms with van der Waals surface area (Å²) in [6, 6.07) is 11.8. The van der Waals surface area contributed by atoms with Gasteiger partial charge in [0.2, 0.25) is 0 Å². The van der Waals surface area contributed by atoms with Crippen LogP contribution in [0.3, 0.4) is 0 Å². The summed E-state index contributed by atoms with van der Waals surface area (Å²) < 4.78 is 12.6. The number of benzene rings is 1. The van der Waals surface area contributed by atoms with Crippen molar-refractivity contribution in [2.45, 2.75) is 6.92 Å². The molecule has 28 heavy (non-hydrogen) atoms. The second kappa shape index (κ2) is 5.52. The molecule has 0 amide bonds. The summed E-state index contributed by atoms with van der Waals surface area (Å²) in [5.74, 6) is 3.74. The first-order chi connectivity index (χ1) is 13.7. The molecule has 0 saturated heterocycles. The van der Waals surface area contributed by atoms with Gasteiger partial charge in [-0.25, -0.2) is 15.0 Å². The van der Waals surface area contributed by atoms with E-state index in [2.05, 4.69) is 21.1 Å². The van der Waals surface area contributed by atoms with Crippen molar-refractivity contribution in [2.24, 2.45) is 4.99 Å². The number of fused-ring (bicyclic) bond motifs is 6. The van der Waals surface area contributed by atoms with Crippen molar-refractivity contribution in [3.05, 3.63) is 59.7 Å². The van der Waals surface area contributed by atoms with Gasteiger partial charge in [0.15, 0.2) is 17.4 Å². The highest BCUT2D eigenvalue weighted by atomic mass is 35.5. The zero-order chi connectivity index (χ0) is 18.8. The van der Waals surface area contributed by atoms with Crippen LogP contribution < -0.4 is 9.91 Å². The van der Waals surface area contributed by atoms with Gasteiger partial charge in [-0.05, 0) is 36.3 Å². The number of rotatable bonds is 2. The van der Waals surface area contributed by atoms with Crippen LogP contribution in [0, 0.1) is 6.92 Å². The third-order valence-electron chi connectivity index (χ3n) is 4.86. The third kappa shape index (κ3) is 2.10. The molecule has 9 nitrogen and oxygen atoms in total. The molecule has 0 spiro atoms. The largest absolute Gasteiger partial charge is 0.456 e. The number of hydrogen-bond acceptors (Lipinski definition) is 9. The van der Waals surface area contributed by atoms with Crippen LogP contribution in [0.2, 0.25) is 0 Å². The molecule has 1 aromatic carbocycles. The molecule has 5 heterocycles. The maximum atomic E-state index is 6.29. The van der Waals surface area contributed by atoms with Gasteiger partial charge in [0, 0.05) is 17.3 Å². The lowest BCUT2D eigenvalue weighted by molar-refractivity contribution is 0.401. The maximum Gasteiger partial charge on any atom is 0.295 e. The van der Waals surface area contributed by atoms with Crippen molar-refractivity contribution in [1.29, 1.82) is 0 Å². The Labute approximate surface area is 164 Å². The normalized spacial score (nSPS) is 17.5. The minimum absolute atomic E-state index is 0.324. The second-order valence-corrected chi connectivity index (χ2v) is 7.05. The number of para-hydroxylation sites is 1. The van der Waals surface area contributed by atoms with Crippen molar-refractivity contribution < 1.29 is 8.94 Å². The number of anilines is 2. The van der Waals surface area contributed by atoms with E-state index in [1.54, 1.807) is 4.42 Å². The van der Waals surface area contributed by atoms with Gasteiger partial charge in [-0.2, -0.15) is 4.98 Å². The first kappa shape index (κ1) is 15.6. The minimum Gasteiger partial charge on any atom is -0.456 e. The number of hydrazine groups is 1. The van der Waals surface area contributed by atoms with Gasteiger partial charge in [0.1, 0.15) is 19.1 Å². The number of aliphatic imine (C=N–C) groups is 1. The molecular weight excluding hydrogens is 382 g/mol. The lowest BCUT2D eigenvalue weighted by Gasteiger charge is -2.39. The Bertz CT molecular complexity index is 1150. The molecule has 10 heteroatoms. The van der Waals surface area contributed by atoms with E-state index in [4.69, 9.17) is 25.7 Å². The number of nitrogens with zero attached hydrogens (tertiary/aromatic N) is 7. The van der Waals surface area contributed by atoms with Gasteiger partial charge >= 0.3 is 0 Å². The molecule has 3 aliphatic heterocycles. The van der Waals surface area contributed by atoms with Crippen LogP contribution in [0.1, 0.15) is 11.3 Å². The lowest BCUT2D eigenvalue weighted by atomic mass is 10.1. The fraction of sp³-hybridized carbons (Fsp3) is 0.167. The van der Waals surface area contributed by atoms with Crippen molar-refractivity contribution in [1.82, 2.24) is 19.6 Å².